The molecule has 1 heterocycles. The molecule has 0 saturated carbocycles. The summed E-state index contributed by atoms with van der Waals surface area (Å²) in [5, 5.41) is 2.28. The average molecular weight is 244 g/mol. The first-order valence-corrected chi connectivity index (χ1v) is 5.96. The highest BCUT2D eigenvalue weighted by molar-refractivity contribution is 7.94. The molecule has 6 nitrogen and oxygen atoms in total. The minimum atomic E-state index is -3.70. The first-order chi connectivity index (χ1) is 7.25. The molecular formula is C9H12N2O4S. The largest absolute Gasteiger partial charge is 0.344 e. The number of hydrogen-bond donors (Lipinski definition) is 1. The molecule has 16 heavy (non-hydrogen) atoms. The minimum absolute atomic E-state index is 0.00427. The molecule has 2 amide bonds. The predicted octanol–water partition coefficient (Wildman–Crippen LogP) is -1.31. The van der Waals surface area contributed by atoms with Crippen LogP contribution in [0.4, 0.5) is 0 Å². The van der Waals surface area contributed by atoms with Crippen molar-refractivity contribution >= 4 is 21.8 Å². The van der Waals surface area contributed by atoms with Gasteiger partial charge in [-0.1, -0.05) is 5.92 Å². The normalized spacial score (nSPS) is 20.8. The zero-order valence-electron chi connectivity index (χ0n) is 8.98. The van der Waals surface area contributed by atoms with E-state index in [2.05, 4.69) is 11.2 Å². The van der Waals surface area contributed by atoms with E-state index in [1.165, 1.54) is 13.8 Å². The van der Waals surface area contributed by atoms with Crippen molar-refractivity contribution in [2.75, 3.05) is 13.1 Å². The van der Waals surface area contributed by atoms with Crippen LogP contribution in [0.5, 0.6) is 0 Å². The molecule has 1 fully saturated rings. The van der Waals surface area contributed by atoms with Gasteiger partial charge < -0.3 is 5.32 Å². The SMILES string of the molecule is C#CCNC(=O)CN1C(=O)C(C)(C)S1(=O)=O. The van der Waals surface area contributed by atoms with Gasteiger partial charge in [0.2, 0.25) is 5.91 Å². The standard InChI is InChI=1S/C9H12N2O4S/c1-4-5-10-7(12)6-11-8(13)9(2,3)16(11,14)15/h1H,5-6H2,2-3H3,(H,10,12). The summed E-state index contributed by atoms with van der Waals surface area (Å²) in [4.78, 5) is 22.6. The van der Waals surface area contributed by atoms with Gasteiger partial charge in [-0.2, -0.15) is 0 Å². The fourth-order valence-electron chi connectivity index (χ4n) is 1.25. The van der Waals surface area contributed by atoms with Crippen LogP contribution in [-0.4, -0.2) is 42.4 Å². The number of nitrogens with one attached hydrogen (secondary N) is 1. The maximum absolute atomic E-state index is 11.6. The van der Waals surface area contributed by atoms with Crippen molar-refractivity contribution in [1.82, 2.24) is 9.62 Å². The summed E-state index contributed by atoms with van der Waals surface area (Å²) in [6.45, 7) is 2.11. The van der Waals surface area contributed by atoms with Crippen molar-refractivity contribution < 1.29 is 18.0 Å². The summed E-state index contributed by atoms with van der Waals surface area (Å²) >= 11 is 0. The second-order valence-corrected chi connectivity index (χ2v) is 6.22. The van der Waals surface area contributed by atoms with Crippen LogP contribution < -0.4 is 5.32 Å². The monoisotopic (exact) mass is 244 g/mol. The zero-order valence-corrected chi connectivity index (χ0v) is 9.80. The Morgan fingerprint density at radius 2 is 2.12 bits per heavy atom. The van der Waals surface area contributed by atoms with Gasteiger partial charge in [-0.3, -0.25) is 9.59 Å². The van der Waals surface area contributed by atoms with Crippen LogP contribution in [0.25, 0.3) is 0 Å². The first-order valence-electron chi connectivity index (χ1n) is 4.52. The highest BCUT2D eigenvalue weighted by atomic mass is 32.2. The number of carbonyl (C=O) groups excluding carboxylic acids is 2. The van der Waals surface area contributed by atoms with Crippen LogP contribution in [0, 0.1) is 12.3 Å². The summed E-state index contributed by atoms with van der Waals surface area (Å²) in [6, 6.07) is 0. The lowest BCUT2D eigenvalue weighted by molar-refractivity contribution is -0.136. The van der Waals surface area contributed by atoms with Crippen molar-refractivity contribution in [3.63, 3.8) is 0 Å². The van der Waals surface area contributed by atoms with E-state index in [1.54, 1.807) is 0 Å². The number of rotatable bonds is 3. The van der Waals surface area contributed by atoms with Gasteiger partial charge in [0.15, 0.2) is 4.75 Å². The molecule has 1 aliphatic heterocycles. The summed E-state index contributed by atoms with van der Waals surface area (Å²) in [7, 11) is -3.70. The topological polar surface area (TPSA) is 83.6 Å². The molecule has 0 aromatic carbocycles. The Balaban J connectivity index is 2.70. The van der Waals surface area contributed by atoms with Gasteiger partial charge in [0, 0.05) is 0 Å². The third kappa shape index (κ3) is 1.65. The summed E-state index contributed by atoms with van der Waals surface area (Å²) < 4.78 is 22.3. The van der Waals surface area contributed by atoms with Gasteiger partial charge >= 0.3 is 0 Å². The van der Waals surface area contributed by atoms with Crippen LogP contribution in [0.15, 0.2) is 0 Å². The molecule has 0 spiro atoms. The van der Waals surface area contributed by atoms with Crippen molar-refractivity contribution in [3.05, 3.63) is 0 Å². The van der Waals surface area contributed by atoms with E-state index in [0.29, 0.717) is 4.31 Å². The molecule has 0 aromatic heterocycles. The molecule has 0 bridgehead atoms. The maximum atomic E-state index is 11.6. The van der Waals surface area contributed by atoms with Crippen LogP contribution in [0.2, 0.25) is 0 Å². The number of nitrogens with zero attached hydrogens (tertiary/aromatic N) is 1. The molecule has 0 atom stereocenters. The van der Waals surface area contributed by atoms with Crippen molar-refractivity contribution in [1.29, 1.82) is 0 Å². The van der Waals surface area contributed by atoms with E-state index in [9.17, 15) is 18.0 Å². The quantitative estimate of drug-likeness (QED) is 0.625. The lowest BCUT2D eigenvalue weighted by atomic mass is 10.2. The number of terminal acetylenes is 1. The van der Waals surface area contributed by atoms with E-state index < -0.39 is 33.1 Å². The Bertz CT molecular complexity index is 472. The molecule has 7 heteroatoms. The molecule has 0 aliphatic carbocycles. The Morgan fingerprint density at radius 1 is 1.56 bits per heavy atom. The molecule has 0 aromatic rings. The lowest BCUT2D eigenvalue weighted by Gasteiger charge is -2.42. The van der Waals surface area contributed by atoms with E-state index in [4.69, 9.17) is 6.42 Å². The molecule has 1 rings (SSSR count). The summed E-state index contributed by atoms with van der Waals surface area (Å²) in [6.07, 6.45) is 4.91. The Kier molecular flexibility index (Phi) is 2.97. The summed E-state index contributed by atoms with van der Waals surface area (Å²) in [5.74, 6) is 0.999. The third-order valence-corrected chi connectivity index (χ3v) is 4.69. The number of hydrogen-bond acceptors (Lipinski definition) is 4. The number of sulfonamides is 1. The molecule has 88 valence electrons. The van der Waals surface area contributed by atoms with Gasteiger partial charge in [0.1, 0.15) is 6.54 Å². The van der Waals surface area contributed by atoms with Crippen LogP contribution in [0.3, 0.4) is 0 Å². The van der Waals surface area contributed by atoms with Gasteiger partial charge in [0.25, 0.3) is 15.9 Å². The number of amides is 2. The Labute approximate surface area is 94.0 Å². The minimum Gasteiger partial charge on any atom is -0.344 e. The average Bonchev–Trinajstić information content (AvgIpc) is 2.21. The molecule has 0 unspecified atom stereocenters. The van der Waals surface area contributed by atoms with E-state index in [-0.39, 0.29) is 6.54 Å². The highest BCUT2D eigenvalue weighted by Crippen LogP contribution is 2.34. The zero-order chi connectivity index (χ0) is 12.6. The fourth-order valence-corrected chi connectivity index (χ4v) is 2.73. The molecule has 1 N–H and O–H groups in total. The molecular weight excluding hydrogens is 232 g/mol. The van der Waals surface area contributed by atoms with Gasteiger partial charge in [0.05, 0.1) is 6.54 Å². The molecule has 1 saturated heterocycles. The van der Waals surface area contributed by atoms with Gasteiger partial charge in [-0.15, -0.1) is 6.42 Å². The van der Waals surface area contributed by atoms with Gasteiger partial charge in [-0.25, -0.2) is 12.7 Å². The van der Waals surface area contributed by atoms with Crippen molar-refractivity contribution in [2.45, 2.75) is 18.6 Å². The number of carbonyl (C=O) groups is 2. The van der Waals surface area contributed by atoms with E-state index in [0.717, 1.165) is 0 Å². The van der Waals surface area contributed by atoms with Crippen LogP contribution in [0.1, 0.15) is 13.8 Å². The molecule has 1 aliphatic rings. The van der Waals surface area contributed by atoms with Crippen LogP contribution >= 0.6 is 0 Å². The van der Waals surface area contributed by atoms with Gasteiger partial charge in [-0.05, 0) is 13.8 Å². The lowest BCUT2D eigenvalue weighted by Crippen LogP contribution is -2.68. The van der Waals surface area contributed by atoms with Crippen LogP contribution in [-0.2, 0) is 19.6 Å². The highest BCUT2D eigenvalue weighted by Gasteiger charge is 2.60. The third-order valence-electron chi connectivity index (χ3n) is 2.35. The maximum Gasteiger partial charge on any atom is 0.259 e. The Hall–Kier alpha value is -1.55. The molecule has 0 radical (unpaired) electrons. The second-order valence-electron chi connectivity index (χ2n) is 3.81. The van der Waals surface area contributed by atoms with E-state index in [1.807, 2.05) is 0 Å². The van der Waals surface area contributed by atoms with E-state index >= 15 is 0 Å². The predicted molar refractivity (Wildman–Crippen MR) is 56.6 cm³/mol. The Morgan fingerprint density at radius 3 is 2.56 bits per heavy atom. The fraction of sp³-hybridized carbons (Fsp3) is 0.556. The second kappa shape index (κ2) is 3.79. The first kappa shape index (κ1) is 12.5. The van der Waals surface area contributed by atoms with Crippen molar-refractivity contribution in [3.8, 4) is 12.3 Å². The smallest absolute Gasteiger partial charge is 0.259 e. The van der Waals surface area contributed by atoms with Crippen molar-refractivity contribution in [2.24, 2.45) is 0 Å². The summed E-state index contributed by atoms with van der Waals surface area (Å²) in [5.41, 5.74) is 0.